The smallest absolute Gasteiger partial charge is 0.265 e. The third-order valence-corrected chi connectivity index (χ3v) is 6.70. The van der Waals surface area contributed by atoms with E-state index in [0.717, 1.165) is 50.0 Å². The number of nitrogens with zero attached hydrogens (tertiary/aromatic N) is 3. The number of aromatic nitrogens is 2. The number of ether oxygens (including phenoxy) is 1. The Morgan fingerprint density at radius 2 is 2.00 bits per heavy atom. The maximum atomic E-state index is 13.4. The average molecular weight is 445 g/mol. The van der Waals surface area contributed by atoms with Crippen LogP contribution in [0.4, 0.5) is 5.69 Å². The third kappa shape index (κ3) is 4.08. The summed E-state index contributed by atoms with van der Waals surface area (Å²) >= 11 is 0. The van der Waals surface area contributed by atoms with E-state index in [4.69, 9.17) is 4.74 Å². The normalized spacial score (nSPS) is 17.7. The van der Waals surface area contributed by atoms with Crippen LogP contribution < -0.4 is 21.7 Å². The van der Waals surface area contributed by atoms with Gasteiger partial charge >= 0.3 is 0 Å². The maximum Gasteiger partial charge on any atom is 0.265 e. The molecule has 1 saturated heterocycles. The second-order valence-electron chi connectivity index (χ2n) is 8.94. The lowest BCUT2D eigenvalue weighted by molar-refractivity contribution is -0.123. The summed E-state index contributed by atoms with van der Waals surface area (Å²) in [6.07, 6.45) is 3.28. The molecule has 3 aromatic rings. The van der Waals surface area contributed by atoms with Gasteiger partial charge in [0.15, 0.2) is 0 Å². The van der Waals surface area contributed by atoms with Gasteiger partial charge in [0.25, 0.3) is 5.56 Å². The van der Waals surface area contributed by atoms with Gasteiger partial charge in [-0.3, -0.25) is 19.1 Å². The van der Waals surface area contributed by atoms with Crippen LogP contribution in [-0.2, 0) is 16.1 Å². The molecular formula is C24H28BN5O3. The zero-order valence-corrected chi connectivity index (χ0v) is 19.1. The van der Waals surface area contributed by atoms with Crippen LogP contribution in [0.3, 0.4) is 0 Å². The van der Waals surface area contributed by atoms with Crippen molar-refractivity contribution in [3.8, 4) is 5.69 Å². The summed E-state index contributed by atoms with van der Waals surface area (Å²) < 4.78 is 6.88. The molecule has 5 rings (SSSR count). The molecule has 8 nitrogen and oxygen atoms in total. The number of fused-ring (bicyclic) bond motifs is 1. The predicted octanol–water partition coefficient (Wildman–Crippen LogP) is 0.167. The first-order chi connectivity index (χ1) is 16.0. The molecule has 1 aliphatic carbocycles. The van der Waals surface area contributed by atoms with Crippen molar-refractivity contribution in [1.29, 1.82) is 0 Å². The van der Waals surface area contributed by atoms with E-state index in [1.807, 2.05) is 44.2 Å². The molecule has 2 heterocycles. The largest absolute Gasteiger partial charge is 0.380 e. The predicted molar refractivity (Wildman–Crippen MR) is 131 cm³/mol. The lowest BCUT2D eigenvalue weighted by Gasteiger charge is -2.34. The van der Waals surface area contributed by atoms with E-state index in [1.54, 1.807) is 13.4 Å². The van der Waals surface area contributed by atoms with Crippen molar-refractivity contribution >= 4 is 35.8 Å². The number of benzene rings is 2. The molecule has 2 aromatic carbocycles. The van der Waals surface area contributed by atoms with Crippen molar-refractivity contribution in [1.82, 2.24) is 19.8 Å². The Morgan fingerprint density at radius 3 is 2.73 bits per heavy atom. The number of nitrogens with one attached hydrogen (secondary N) is 2. The van der Waals surface area contributed by atoms with Crippen molar-refractivity contribution in [3.63, 3.8) is 0 Å². The van der Waals surface area contributed by atoms with E-state index >= 15 is 0 Å². The average Bonchev–Trinajstić information content (AvgIpc) is 3.63. The molecule has 1 amide bonds. The zero-order chi connectivity index (χ0) is 23.0. The Bertz CT molecular complexity index is 1260. The van der Waals surface area contributed by atoms with Crippen LogP contribution in [0.15, 0.2) is 47.5 Å². The number of rotatable bonds is 6. The quantitative estimate of drug-likeness (QED) is 0.526. The molecule has 33 heavy (non-hydrogen) atoms. The molecule has 1 saturated carbocycles. The van der Waals surface area contributed by atoms with E-state index in [1.165, 1.54) is 4.57 Å². The lowest BCUT2D eigenvalue weighted by atomic mass is 9.95. The molecule has 9 heteroatoms. The Kier molecular flexibility index (Phi) is 5.78. The van der Waals surface area contributed by atoms with Gasteiger partial charge in [-0.1, -0.05) is 17.6 Å². The van der Waals surface area contributed by atoms with E-state index in [-0.39, 0.29) is 11.5 Å². The number of carbonyl (C=O) groups is 1. The number of anilines is 1. The van der Waals surface area contributed by atoms with Gasteiger partial charge < -0.3 is 15.4 Å². The molecule has 2 aliphatic rings. The molecule has 2 N–H and O–H groups in total. The van der Waals surface area contributed by atoms with E-state index in [0.29, 0.717) is 28.9 Å². The highest BCUT2D eigenvalue weighted by Gasteiger charge is 2.54. The number of methoxy groups -OCH3 is 1. The van der Waals surface area contributed by atoms with Gasteiger partial charge in [0, 0.05) is 44.5 Å². The molecule has 0 bridgehead atoms. The SMILES string of the molecule is Bc1ccc2c(=O)n(-c3ccc(COC)c(NC(=O)C4(N5CCNCC5)CC4)c3)cnc2c1. The minimum atomic E-state index is -0.429. The van der Waals surface area contributed by atoms with Crippen LogP contribution in [0.1, 0.15) is 18.4 Å². The van der Waals surface area contributed by atoms with Crippen LogP contribution in [0.5, 0.6) is 0 Å². The number of piperazine rings is 1. The highest BCUT2D eigenvalue weighted by Crippen LogP contribution is 2.43. The molecule has 2 fully saturated rings. The first kappa shape index (κ1) is 21.8. The van der Waals surface area contributed by atoms with Crippen molar-refractivity contribution < 1.29 is 9.53 Å². The topological polar surface area (TPSA) is 88.5 Å². The molecular weight excluding hydrogens is 417 g/mol. The molecule has 0 atom stereocenters. The summed E-state index contributed by atoms with van der Waals surface area (Å²) in [4.78, 5) is 33.3. The minimum absolute atomic E-state index is 0.0124. The van der Waals surface area contributed by atoms with E-state index in [2.05, 4.69) is 20.5 Å². The first-order valence-corrected chi connectivity index (χ1v) is 11.4. The maximum absolute atomic E-state index is 13.4. The van der Waals surface area contributed by atoms with Crippen molar-refractivity contribution in [3.05, 3.63) is 58.6 Å². The fraction of sp³-hybridized carbons (Fsp3) is 0.375. The molecule has 0 unspecified atom stereocenters. The summed E-state index contributed by atoms with van der Waals surface area (Å²) in [6.45, 7) is 3.90. The van der Waals surface area contributed by atoms with Gasteiger partial charge in [-0.2, -0.15) is 0 Å². The fourth-order valence-corrected chi connectivity index (χ4v) is 4.66. The molecule has 1 aromatic heterocycles. The number of hydrogen-bond donors (Lipinski definition) is 2. The summed E-state index contributed by atoms with van der Waals surface area (Å²) in [5, 5.41) is 7.06. The molecule has 0 radical (unpaired) electrons. The van der Waals surface area contributed by atoms with Crippen LogP contribution >= 0.6 is 0 Å². The summed E-state index contributed by atoms with van der Waals surface area (Å²) in [6, 6.07) is 11.2. The Morgan fingerprint density at radius 1 is 1.21 bits per heavy atom. The van der Waals surface area contributed by atoms with Crippen molar-refractivity contribution in [2.45, 2.75) is 25.0 Å². The lowest BCUT2D eigenvalue weighted by Crippen LogP contribution is -2.54. The number of amides is 1. The highest BCUT2D eigenvalue weighted by atomic mass is 16.5. The highest BCUT2D eigenvalue weighted by molar-refractivity contribution is 6.33. The van der Waals surface area contributed by atoms with Gasteiger partial charge in [0.05, 0.1) is 23.2 Å². The van der Waals surface area contributed by atoms with Crippen LogP contribution in [0.2, 0.25) is 0 Å². The van der Waals surface area contributed by atoms with Crippen LogP contribution in [0.25, 0.3) is 16.6 Å². The number of carbonyl (C=O) groups excluding carboxylic acids is 1. The molecule has 1 aliphatic heterocycles. The first-order valence-electron chi connectivity index (χ1n) is 11.4. The van der Waals surface area contributed by atoms with E-state index in [9.17, 15) is 9.59 Å². The summed E-state index contributed by atoms with van der Waals surface area (Å²) in [7, 11) is 3.60. The third-order valence-electron chi connectivity index (χ3n) is 6.70. The minimum Gasteiger partial charge on any atom is -0.380 e. The second-order valence-corrected chi connectivity index (χ2v) is 8.94. The van der Waals surface area contributed by atoms with Crippen molar-refractivity contribution in [2.75, 3.05) is 38.6 Å². The van der Waals surface area contributed by atoms with Gasteiger partial charge in [0.1, 0.15) is 19.7 Å². The zero-order valence-electron chi connectivity index (χ0n) is 19.1. The molecule has 170 valence electrons. The fourth-order valence-electron chi connectivity index (χ4n) is 4.66. The monoisotopic (exact) mass is 445 g/mol. The molecule has 0 spiro atoms. The van der Waals surface area contributed by atoms with E-state index < -0.39 is 5.54 Å². The summed E-state index contributed by atoms with van der Waals surface area (Å²) in [5.74, 6) is 0.0124. The van der Waals surface area contributed by atoms with Gasteiger partial charge in [0.2, 0.25) is 5.91 Å². The van der Waals surface area contributed by atoms with Crippen LogP contribution in [-0.4, -0.2) is 67.0 Å². The summed E-state index contributed by atoms with van der Waals surface area (Å²) in [5.41, 5.74) is 3.34. The second kappa shape index (κ2) is 8.74. The van der Waals surface area contributed by atoms with Gasteiger partial charge in [-0.25, -0.2) is 4.98 Å². The van der Waals surface area contributed by atoms with Gasteiger partial charge in [-0.15, -0.1) is 0 Å². The Balaban J connectivity index is 1.49. The number of hydrogen-bond acceptors (Lipinski definition) is 6. The Labute approximate surface area is 193 Å². The Hall–Kier alpha value is -3.01. The van der Waals surface area contributed by atoms with Crippen molar-refractivity contribution in [2.24, 2.45) is 0 Å². The standard InChI is InChI=1S/C24H28BN5O3/c1-33-14-16-2-4-18(30-15-27-21-12-17(25)3-5-19(21)22(30)31)13-20(16)28-23(32)24(6-7-24)29-10-8-26-9-11-29/h2-5,12-13,15,26H,6-11,14,25H2,1H3,(H,28,32). The van der Waals surface area contributed by atoms with Crippen LogP contribution in [0, 0.1) is 0 Å². The van der Waals surface area contributed by atoms with Gasteiger partial charge in [-0.05, 0) is 37.1 Å².